The molecule has 0 spiro atoms. The molecule has 11 fully saturated rings. The van der Waals surface area contributed by atoms with Crippen LogP contribution in [0.4, 0.5) is 0 Å². The standard InChI is InChI=1S/C88H142O42/c1-14-34(3)44(119-52(96)26-40(93)25-45(35(4)15-2)120-78-62(106)57(101)47(31-90)121-78)24-39(92)27-53(97)124-69-38(7)118-80(72(66(69)110)128-77-65(109)60(104)68(37(6)117-77)125-75-61(105)55(99)43(94)32-115-75)130-82(114)88-23-22-83(8,9)28-42(88)41-16-17-49-84(10)20-19-51(85(11,33-91)48(84)18-21-86(49,12)87(41,13)29-50(88)95)123-81-73(129-79-64(108)59(103)56(100)46(30-89)122-79)70(67(111)71(127-81)74(112)113)126-76-63(107)58(102)54(98)36(5)116-76/h16,33-40,42-51,54-73,75-81,89-90,92-95,98-111H,14-15,17-32H2,1-13H3,(H,112,113). The van der Waals surface area contributed by atoms with Crippen molar-refractivity contribution < 1.29 is 207 Å². The molecular formula is C88H142O42. The zero-order valence-corrected chi connectivity index (χ0v) is 75.8. The van der Waals surface area contributed by atoms with Gasteiger partial charge < -0.3 is 188 Å². The van der Waals surface area contributed by atoms with Crippen molar-refractivity contribution in [3.8, 4) is 0 Å². The van der Waals surface area contributed by atoms with E-state index >= 15 is 4.79 Å². The van der Waals surface area contributed by atoms with Gasteiger partial charge >= 0.3 is 23.9 Å². The quantitative estimate of drug-likeness (QED) is 0.0101. The van der Waals surface area contributed by atoms with Gasteiger partial charge in [0.05, 0.1) is 86.9 Å². The summed E-state index contributed by atoms with van der Waals surface area (Å²) < 4.78 is 97.0. The maximum atomic E-state index is 16.3. The normalized spacial score (nSPS) is 48.7. The van der Waals surface area contributed by atoms with E-state index in [0.717, 1.165) is 11.9 Å². The Morgan fingerprint density at radius 2 is 1.03 bits per heavy atom. The monoisotopic (exact) mass is 1870 g/mol. The van der Waals surface area contributed by atoms with Crippen molar-refractivity contribution >= 4 is 30.2 Å². The first kappa shape index (κ1) is 105. The number of esters is 3. The molecule has 746 valence electrons. The van der Waals surface area contributed by atoms with E-state index in [-0.39, 0.29) is 43.9 Å². The summed E-state index contributed by atoms with van der Waals surface area (Å²) in [6.45, 7) is 21.4. The number of hydrogen-bond donors (Lipinski definition) is 21. The minimum absolute atomic E-state index is 0.0346. The highest BCUT2D eigenvalue weighted by molar-refractivity contribution is 5.80. The fraction of sp³-hybridized carbons (Fsp3) is 0.920. The van der Waals surface area contributed by atoms with E-state index in [9.17, 15) is 126 Å². The first-order chi connectivity index (χ1) is 60.9. The van der Waals surface area contributed by atoms with E-state index in [1.165, 1.54) is 20.8 Å². The summed E-state index contributed by atoms with van der Waals surface area (Å²) in [5.74, 6) is -7.06. The summed E-state index contributed by atoms with van der Waals surface area (Å²) in [6, 6.07) is 0. The lowest BCUT2D eigenvalue weighted by molar-refractivity contribution is -0.394. The van der Waals surface area contributed by atoms with Crippen LogP contribution >= 0.6 is 0 Å². The lowest BCUT2D eigenvalue weighted by Gasteiger charge is -2.71. The summed E-state index contributed by atoms with van der Waals surface area (Å²) in [7, 11) is 0. The topological polar surface area (TPSA) is 658 Å². The van der Waals surface area contributed by atoms with E-state index in [2.05, 4.69) is 26.8 Å². The van der Waals surface area contributed by atoms with Crippen molar-refractivity contribution in [2.45, 2.75) is 426 Å². The summed E-state index contributed by atoms with van der Waals surface area (Å²) in [4.78, 5) is 71.8. The Hall–Kier alpha value is -4.03. The molecule has 42 nitrogen and oxygen atoms in total. The number of carboxylic acid groups (broad SMARTS) is 1. The van der Waals surface area contributed by atoms with Crippen LogP contribution in [0.1, 0.15) is 186 Å². The van der Waals surface area contributed by atoms with Gasteiger partial charge in [-0.1, -0.05) is 93.7 Å². The Labute approximate surface area is 753 Å². The number of hydrogen-bond acceptors (Lipinski definition) is 41. The van der Waals surface area contributed by atoms with Gasteiger partial charge in [-0.15, -0.1) is 0 Å². The molecule has 49 atom stereocenters. The number of aliphatic hydroxyl groups excluding tert-OH is 20. The highest BCUT2D eigenvalue weighted by Gasteiger charge is 2.74. The minimum Gasteiger partial charge on any atom is -0.479 e. The number of carbonyl (C=O) groups is 5. The predicted molar refractivity (Wildman–Crippen MR) is 436 cm³/mol. The van der Waals surface area contributed by atoms with Crippen LogP contribution in [0.3, 0.4) is 0 Å². The Kier molecular flexibility index (Phi) is 33.5. The van der Waals surface area contributed by atoms with Crippen LogP contribution in [0, 0.1) is 62.1 Å². The van der Waals surface area contributed by atoms with Crippen molar-refractivity contribution in [2.75, 3.05) is 19.8 Å². The van der Waals surface area contributed by atoms with Crippen LogP contribution in [0.5, 0.6) is 0 Å². The molecule has 0 amide bonds. The molecule has 21 N–H and O–H groups in total. The number of ether oxygens (including phenoxy) is 16. The van der Waals surface area contributed by atoms with E-state index in [1.807, 2.05) is 27.7 Å². The molecule has 0 aromatic heterocycles. The van der Waals surface area contributed by atoms with E-state index in [1.54, 1.807) is 20.8 Å². The minimum atomic E-state index is -2.26. The van der Waals surface area contributed by atoms with Crippen LogP contribution in [0.2, 0.25) is 0 Å². The second-order valence-corrected chi connectivity index (χ2v) is 40.5. The van der Waals surface area contributed by atoms with Gasteiger partial charge in [0, 0.05) is 12.8 Å². The van der Waals surface area contributed by atoms with Crippen LogP contribution in [0.25, 0.3) is 0 Å². The molecule has 0 aromatic rings. The highest BCUT2D eigenvalue weighted by atomic mass is 16.8. The zero-order chi connectivity index (χ0) is 95.7. The maximum Gasteiger partial charge on any atom is 0.335 e. The smallest absolute Gasteiger partial charge is 0.335 e. The molecule has 0 bridgehead atoms. The summed E-state index contributed by atoms with van der Waals surface area (Å²) in [5.41, 5.74) is -5.36. The highest BCUT2D eigenvalue weighted by Crippen LogP contribution is 2.76. The first-order valence-electron chi connectivity index (χ1n) is 45.9. The number of allylic oxidation sites excluding steroid dienone is 2. The number of rotatable bonds is 32. The SMILES string of the molecule is CCC(C)C(CC(O)CC(=O)OC1C(C)OC(OC(=O)C23CCC(C)(C)CC2C2=CCC4C5(C)CCC(OC6OC(C(=O)O)C(O)C(OC7OC(C)C(O)C(O)C7O)C6OC6OC(CO)C(O)C(O)C6O)C(C)(C=O)C5CCC4(C)C2(C)CC3O)C(OC2OC(C)C(OC3OCC(O)C(O)C3O)C(O)C2O)C1O)OC(=O)CC(O)CC(OC1OC(CO)C(O)C1O)C(C)CC. The van der Waals surface area contributed by atoms with Gasteiger partial charge in [0.1, 0.15) is 140 Å². The molecule has 130 heavy (non-hydrogen) atoms. The van der Waals surface area contributed by atoms with Gasteiger partial charge in [0.15, 0.2) is 56.1 Å². The number of carboxylic acids is 1. The van der Waals surface area contributed by atoms with Crippen molar-refractivity contribution in [1.82, 2.24) is 0 Å². The number of aliphatic hydroxyl groups is 20. The Balaban J connectivity index is 0.787. The summed E-state index contributed by atoms with van der Waals surface area (Å²) >= 11 is 0. The van der Waals surface area contributed by atoms with Gasteiger partial charge in [-0.2, -0.15) is 0 Å². The number of aldehydes is 1. The van der Waals surface area contributed by atoms with Crippen LogP contribution < -0.4 is 0 Å². The molecule has 7 heterocycles. The predicted octanol–water partition coefficient (Wildman–Crippen LogP) is -3.76. The van der Waals surface area contributed by atoms with Gasteiger partial charge in [-0.25, -0.2) is 4.79 Å². The Morgan fingerprint density at radius 1 is 0.500 bits per heavy atom. The number of carbonyl (C=O) groups excluding carboxylic acids is 4. The molecule has 7 saturated heterocycles. The van der Waals surface area contributed by atoms with Crippen LogP contribution in [0.15, 0.2) is 11.6 Å². The number of aliphatic carboxylic acids is 1. The van der Waals surface area contributed by atoms with Gasteiger partial charge in [-0.3, -0.25) is 14.4 Å². The third-order valence-electron chi connectivity index (χ3n) is 31.8. The Morgan fingerprint density at radius 3 is 1.65 bits per heavy atom. The first-order valence-corrected chi connectivity index (χ1v) is 45.9. The van der Waals surface area contributed by atoms with Gasteiger partial charge in [-0.05, 0) is 130 Å². The van der Waals surface area contributed by atoms with E-state index < -0.39 is 346 Å². The van der Waals surface area contributed by atoms with Crippen molar-refractivity contribution in [3.05, 3.63) is 11.6 Å². The Bertz CT molecular complexity index is 3830. The average Bonchev–Trinajstić information content (AvgIpc) is 0.854. The van der Waals surface area contributed by atoms with Gasteiger partial charge in [0.2, 0.25) is 6.29 Å². The van der Waals surface area contributed by atoms with E-state index in [4.69, 9.17) is 75.8 Å². The molecule has 12 rings (SSSR count). The van der Waals surface area contributed by atoms with Crippen molar-refractivity contribution in [2.24, 2.45) is 62.1 Å². The molecule has 42 heteroatoms. The molecule has 12 aliphatic rings. The molecule has 7 aliphatic heterocycles. The third kappa shape index (κ3) is 20.2. The number of fused-ring (bicyclic) bond motifs is 7. The largest absolute Gasteiger partial charge is 0.479 e. The van der Waals surface area contributed by atoms with Crippen LogP contribution in [-0.2, 0) is 99.8 Å². The summed E-state index contributed by atoms with van der Waals surface area (Å²) in [5, 5.41) is 234. The summed E-state index contributed by atoms with van der Waals surface area (Å²) in [6.07, 6.45) is -62.7. The molecule has 4 saturated carbocycles. The van der Waals surface area contributed by atoms with Crippen molar-refractivity contribution in [3.63, 3.8) is 0 Å². The molecular weight excluding hydrogens is 1730 g/mol. The average molecular weight is 1870 g/mol. The van der Waals surface area contributed by atoms with E-state index in [0.29, 0.717) is 51.4 Å². The molecule has 0 radical (unpaired) electrons. The van der Waals surface area contributed by atoms with Crippen LogP contribution in [-0.4, -0.2) is 397 Å². The molecule has 0 aromatic carbocycles. The third-order valence-corrected chi connectivity index (χ3v) is 31.8. The lowest BCUT2D eigenvalue weighted by Crippen LogP contribution is -2.69. The second kappa shape index (κ2) is 41.6. The lowest BCUT2D eigenvalue weighted by atomic mass is 9.33. The molecule has 49 unspecified atom stereocenters. The fourth-order valence-corrected chi connectivity index (χ4v) is 23.1. The second-order valence-electron chi connectivity index (χ2n) is 40.5. The molecule has 5 aliphatic carbocycles. The fourth-order valence-electron chi connectivity index (χ4n) is 23.1. The maximum absolute atomic E-state index is 16.3. The van der Waals surface area contributed by atoms with Crippen molar-refractivity contribution in [1.29, 1.82) is 0 Å². The van der Waals surface area contributed by atoms with Gasteiger partial charge in [0.25, 0.3) is 0 Å². The zero-order valence-electron chi connectivity index (χ0n) is 75.8.